The molecule has 0 saturated carbocycles. The number of ketones is 1. The fraction of sp³-hybridized carbons (Fsp3) is 0.293. The summed E-state index contributed by atoms with van der Waals surface area (Å²) in [5.74, 6) is 0.241. The molecule has 5 aromatic rings. The minimum atomic E-state index is 0.241. The van der Waals surface area contributed by atoms with Gasteiger partial charge in [-0.15, -0.1) is 0 Å². The van der Waals surface area contributed by atoms with Gasteiger partial charge in [-0.25, -0.2) is 0 Å². The molecule has 0 fully saturated rings. The summed E-state index contributed by atoms with van der Waals surface area (Å²) < 4.78 is 0. The molecule has 0 spiro atoms. The lowest BCUT2D eigenvalue weighted by Gasteiger charge is -2.23. The highest BCUT2D eigenvalue weighted by atomic mass is 16.1. The van der Waals surface area contributed by atoms with E-state index in [1.54, 1.807) is 0 Å². The zero-order chi connectivity index (χ0) is 29.1. The molecule has 0 heterocycles. The lowest BCUT2D eigenvalue weighted by atomic mass is 9.81. The smallest absolute Gasteiger partial charge is 0.162 e. The Kier molecular flexibility index (Phi) is 10.4. The van der Waals surface area contributed by atoms with Gasteiger partial charge in [0.05, 0.1) is 0 Å². The van der Waals surface area contributed by atoms with Gasteiger partial charge < -0.3 is 0 Å². The molecular weight excluding hydrogens is 508 g/mol. The average Bonchev–Trinajstić information content (AvgIpc) is 3.03. The fourth-order valence-electron chi connectivity index (χ4n) is 6.41. The Morgan fingerprint density at radius 2 is 1.29 bits per heavy atom. The number of aryl methyl sites for hydroxylation is 3. The summed E-state index contributed by atoms with van der Waals surface area (Å²) >= 11 is 0. The van der Waals surface area contributed by atoms with Gasteiger partial charge in [0.15, 0.2) is 5.78 Å². The number of Topliss-reactive ketones (excluding diaryl/α,β-unsaturated/α-hetero) is 1. The Labute approximate surface area is 252 Å². The summed E-state index contributed by atoms with van der Waals surface area (Å²) in [5.41, 5.74) is 10.8. The molecule has 42 heavy (non-hydrogen) atoms. The van der Waals surface area contributed by atoms with Crippen LogP contribution in [0.2, 0.25) is 0 Å². The number of unbranched alkanes of at least 4 members (excludes halogenated alkanes) is 2. The summed E-state index contributed by atoms with van der Waals surface area (Å²) in [6, 6.07) is 38.7. The van der Waals surface area contributed by atoms with E-state index in [1.807, 2.05) is 30.3 Å². The quantitative estimate of drug-likeness (QED) is 0.0989. The largest absolute Gasteiger partial charge is 0.294 e. The third-order valence-electron chi connectivity index (χ3n) is 8.63. The lowest BCUT2D eigenvalue weighted by Crippen LogP contribution is -2.07. The molecule has 1 heteroatoms. The number of hydrogen-bond donors (Lipinski definition) is 0. The van der Waals surface area contributed by atoms with Gasteiger partial charge in [0, 0.05) is 12.0 Å². The van der Waals surface area contributed by atoms with E-state index in [-0.39, 0.29) is 5.78 Å². The molecule has 0 aliphatic rings. The summed E-state index contributed by atoms with van der Waals surface area (Å²) in [6.45, 7) is 4.60. The van der Waals surface area contributed by atoms with Crippen molar-refractivity contribution in [1.82, 2.24) is 0 Å². The standard InChI is InChI=1S/C41H44O/c1-3-4-25-36-31(2)30-35(23-12-11-19-32-17-7-5-8-18-32)38(27-16-29-40(42)34-21-9-6-10-22-34)41(36)39-28-15-24-33-20-13-14-26-37(33)39/h5-10,13-15,17-18,20-22,24,26,28,30H,3-4,11-12,16,19,23,25,27,29H2,1-2H3. The topological polar surface area (TPSA) is 17.1 Å². The van der Waals surface area contributed by atoms with Crippen LogP contribution in [-0.4, -0.2) is 5.78 Å². The highest BCUT2D eigenvalue weighted by Gasteiger charge is 2.20. The maximum Gasteiger partial charge on any atom is 0.162 e. The highest BCUT2D eigenvalue weighted by Crippen LogP contribution is 2.39. The highest BCUT2D eigenvalue weighted by molar-refractivity contribution is 5.99. The van der Waals surface area contributed by atoms with Gasteiger partial charge in [-0.1, -0.05) is 123 Å². The van der Waals surface area contributed by atoms with E-state index in [2.05, 4.69) is 92.7 Å². The second-order valence-corrected chi connectivity index (χ2v) is 11.7. The minimum Gasteiger partial charge on any atom is -0.294 e. The van der Waals surface area contributed by atoms with E-state index in [9.17, 15) is 4.79 Å². The van der Waals surface area contributed by atoms with E-state index < -0.39 is 0 Å². The van der Waals surface area contributed by atoms with Gasteiger partial charge >= 0.3 is 0 Å². The molecule has 214 valence electrons. The van der Waals surface area contributed by atoms with Gasteiger partial charge in [0.2, 0.25) is 0 Å². The van der Waals surface area contributed by atoms with Crippen LogP contribution in [0.3, 0.4) is 0 Å². The van der Waals surface area contributed by atoms with Crippen molar-refractivity contribution in [3.63, 3.8) is 0 Å². The normalized spacial score (nSPS) is 11.2. The van der Waals surface area contributed by atoms with Gasteiger partial charge in [0.25, 0.3) is 0 Å². The molecule has 0 N–H and O–H groups in total. The lowest BCUT2D eigenvalue weighted by molar-refractivity contribution is 0.0980. The van der Waals surface area contributed by atoms with Crippen LogP contribution in [0.5, 0.6) is 0 Å². The van der Waals surface area contributed by atoms with Crippen molar-refractivity contribution in [1.29, 1.82) is 0 Å². The second kappa shape index (κ2) is 14.8. The Hall–Kier alpha value is -3.97. The van der Waals surface area contributed by atoms with E-state index in [4.69, 9.17) is 0 Å². The Morgan fingerprint density at radius 3 is 2.07 bits per heavy atom. The third kappa shape index (κ3) is 7.26. The van der Waals surface area contributed by atoms with Crippen molar-refractivity contribution in [3.8, 4) is 11.1 Å². The number of hydrogen-bond acceptors (Lipinski definition) is 1. The van der Waals surface area contributed by atoms with Crippen LogP contribution < -0.4 is 0 Å². The van der Waals surface area contributed by atoms with Crippen molar-refractivity contribution < 1.29 is 4.79 Å². The number of benzene rings is 5. The Balaban J connectivity index is 1.52. The molecular formula is C41H44O. The molecule has 1 nitrogen and oxygen atoms in total. The first kappa shape index (κ1) is 29.5. The maximum atomic E-state index is 13.1. The van der Waals surface area contributed by atoms with E-state index >= 15 is 0 Å². The zero-order valence-corrected chi connectivity index (χ0v) is 25.4. The van der Waals surface area contributed by atoms with Crippen LogP contribution in [0.25, 0.3) is 21.9 Å². The second-order valence-electron chi connectivity index (χ2n) is 11.7. The minimum absolute atomic E-state index is 0.241. The molecule has 0 aromatic heterocycles. The van der Waals surface area contributed by atoms with Crippen LogP contribution in [0, 0.1) is 6.92 Å². The van der Waals surface area contributed by atoms with Crippen LogP contribution in [-0.2, 0) is 25.7 Å². The molecule has 0 bridgehead atoms. The fourth-order valence-corrected chi connectivity index (χ4v) is 6.41. The molecule has 0 atom stereocenters. The van der Waals surface area contributed by atoms with Crippen molar-refractivity contribution >= 4 is 16.6 Å². The van der Waals surface area contributed by atoms with Gasteiger partial charge in [-0.05, 0) is 108 Å². The van der Waals surface area contributed by atoms with E-state index in [0.29, 0.717) is 6.42 Å². The van der Waals surface area contributed by atoms with Gasteiger partial charge in [-0.3, -0.25) is 4.79 Å². The first-order chi connectivity index (χ1) is 20.7. The molecule has 0 radical (unpaired) electrons. The molecule has 0 aliphatic carbocycles. The summed E-state index contributed by atoms with van der Waals surface area (Å²) in [6.07, 6.45) is 10.3. The SMILES string of the molecule is CCCCc1c(C)cc(CCCCc2ccccc2)c(CCCC(=O)c2ccccc2)c1-c1cccc2ccccc12. The van der Waals surface area contributed by atoms with Crippen LogP contribution in [0.15, 0.2) is 109 Å². The molecule has 0 amide bonds. The molecule has 5 aromatic carbocycles. The first-order valence-corrected chi connectivity index (χ1v) is 15.9. The molecule has 0 aliphatic heterocycles. The summed E-state index contributed by atoms with van der Waals surface area (Å²) in [7, 11) is 0. The van der Waals surface area contributed by atoms with E-state index in [0.717, 1.165) is 44.1 Å². The first-order valence-electron chi connectivity index (χ1n) is 15.9. The van der Waals surface area contributed by atoms with Crippen molar-refractivity contribution in [3.05, 3.63) is 143 Å². The average molecular weight is 553 g/mol. The van der Waals surface area contributed by atoms with Crippen molar-refractivity contribution in [2.75, 3.05) is 0 Å². The number of fused-ring (bicyclic) bond motifs is 1. The van der Waals surface area contributed by atoms with Crippen LogP contribution in [0.4, 0.5) is 0 Å². The number of carbonyl (C=O) groups is 1. The molecule has 0 unspecified atom stereocenters. The number of carbonyl (C=O) groups excluding carboxylic acids is 1. The van der Waals surface area contributed by atoms with Crippen LogP contribution >= 0.6 is 0 Å². The zero-order valence-electron chi connectivity index (χ0n) is 25.4. The Bertz CT molecular complexity index is 1590. The van der Waals surface area contributed by atoms with Crippen LogP contribution in [0.1, 0.15) is 83.6 Å². The van der Waals surface area contributed by atoms with Crippen molar-refractivity contribution in [2.45, 2.75) is 78.1 Å². The Morgan fingerprint density at radius 1 is 0.619 bits per heavy atom. The van der Waals surface area contributed by atoms with Gasteiger partial charge in [-0.2, -0.15) is 0 Å². The summed E-state index contributed by atoms with van der Waals surface area (Å²) in [5, 5.41) is 2.60. The molecule has 0 saturated heterocycles. The third-order valence-corrected chi connectivity index (χ3v) is 8.63. The predicted molar refractivity (Wildman–Crippen MR) is 180 cm³/mol. The van der Waals surface area contributed by atoms with Crippen molar-refractivity contribution in [2.24, 2.45) is 0 Å². The predicted octanol–water partition coefficient (Wildman–Crippen LogP) is 10.9. The summed E-state index contributed by atoms with van der Waals surface area (Å²) in [4.78, 5) is 13.1. The van der Waals surface area contributed by atoms with Gasteiger partial charge in [0.1, 0.15) is 0 Å². The van der Waals surface area contributed by atoms with E-state index in [1.165, 1.54) is 69.0 Å². The monoisotopic (exact) mass is 552 g/mol. The molecule has 5 rings (SSSR count). The maximum absolute atomic E-state index is 13.1. The number of rotatable bonds is 14.